The first-order valence-corrected chi connectivity index (χ1v) is 7.59. The van der Waals surface area contributed by atoms with Gasteiger partial charge in [-0.1, -0.05) is 34.5 Å². The zero-order valence-corrected chi connectivity index (χ0v) is 14.3. The van der Waals surface area contributed by atoms with Crippen molar-refractivity contribution < 1.29 is 4.79 Å². The molecule has 0 aromatic heterocycles. The lowest BCUT2D eigenvalue weighted by molar-refractivity contribution is -0.130. The Bertz CT molecular complexity index is 446. The van der Waals surface area contributed by atoms with E-state index in [1.165, 1.54) is 0 Å². The van der Waals surface area contributed by atoms with Gasteiger partial charge in [0.2, 0.25) is 5.91 Å². The summed E-state index contributed by atoms with van der Waals surface area (Å²) >= 11 is 3.44. The SMILES string of the molecule is CNC(C)CNC(=O)C1(c2ccc(Br)cc2)CCC1.Cl. The molecule has 112 valence electrons. The van der Waals surface area contributed by atoms with Crippen LogP contribution in [0.3, 0.4) is 0 Å². The van der Waals surface area contributed by atoms with Crippen molar-refractivity contribution in [2.45, 2.75) is 37.6 Å². The van der Waals surface area contributed by atoms with Crippen LogP contribution >= 0.6 is 28.3 Å². The normalized spacial score (nSPS) is 17.6. The van der Waals surface area contributed by atoms with Crippen LogP contribution in [0, 0.1) is 0 Å². The fraction of sp³-hybridized carbons (Fsp3) is 0.533. The third-order valence-electron chi connectivity index (χ3n) is 4.10. The molecular weight excluding hydrogens is 340 g/mol. The fourth-order valence-corrected chi connectivity index (χ4v) is 2.73. The van der Waals surface area contributed by atoms with Crippen molar-refractivity contribution >= 4 is 34.2 Å². The Balaban J connectivity index is 0.00000200. The number of carbonyl (C=O) groups excluding carboxylic acids is 1. The molecule has 20 heavy (non-hydrogen) atoms. The van der Waals surface area contributed by atoms with E-state index in [1.54, 1.807) is 0 Å². The van der Waals surface area contributed by atoms with Crippen molar-refractivity contribution in [2.75, 3.05) is 13.6 Å². The van der Waals surface area contributed by atoms with Crippen molar-refractivity contribution in [1.29, 1.82) is 0 Å². The van der Waals surface area contributed by atoms with E-state index in [-0.39, 0.29) is 23.7 Å². The zero-order valence-electron chi connectivity index (χ0n) is 11.9. The van der Waals surface area contributed by atoms with Crippen LogP contribution in [0.25, 0.3) is 0 Å². The van der Waals surface area contributed by atoms with Crippen molar-refractivity contribution in [1.82, 2.24) is 10.6 Å². The maximum atomic E-state index is 12.5. The summed E-state index contributed by atoms with van der Waals surface area (Å²) < 4.78 is 1.05. The van der Waals surface area contributed by atoms with E-state index in [4.69, 9.17) is 0 Å². The standard InChI is InChI=1S/C15H21BrN2O.ClH/c1-11(17-2)10-18-14(19)15(8-3-9-15)12-4-6-13(16)7-5-12;/h4-7,11,17H,3,8-10H2,1-2H3,(H,18,19);1H. The number of hydrogen-bond donors (Lipinski definition) is 2. The van der Waals surface area contributed by atoms with Gasteiger partial charge in [0, 0.05) is 17.1 Å². The summed E-state index contributed by atoms with van der Waals surface area (Å²) in [4.78, 5) is 12.5. The summed E-state index contributed by atoms with van der Waals surface area (Å²) in [5.74, 6) is 0.170. The minimum Gasteiger partial charge on any atom is -0.354 e. The van der Waals surface area contributed by atoms with Crippen LogP contribution in [0.15, 0.2) is 28.7 Å². The average molecular weight is 362 g/mol. The summed E-state index contributed by atoms with van der Waals surface area (Å²) in [6.45, 7) is 2.74. The van der Waals surface area contributed by atoms with Gasteiger partial charge in [0.05, 0.1) is 5.41 Å². The molecule has 0 aliphatic heterocycles. The molecule has 0 bridgehead atoms. The molecule has 2 N–H and O–H groups in total. The lowest BCUT2D eigenvalue weighted by Crippen LogP contribution is -2.51. The number of halogens is 2. The van der Waals surface area contributed by atoms with E-state index in [1.807, 2.05) is 19.2 Å². The predicted molar refractivity (Wildman–Crippen MR) is 88.5 cm³/mol. The lowest BCUT2D eigenvalue weighted by atomic mass is 9.64. The predicted octanol–water partition coefficient (Wildman–Crippen LogP) is 3.02. The number of hydrogen-bond acceptors (Lipinski definition) is 2. The topological polar surface area (TPSA) is 41.1 Å². The summed E-state index contributed by atoms with van der Waals surface area (Å²) in [6.07, 6.45) is 3.04. The van der Waals surface area contributed by atoms with Gasteiger partial charge < -0.3 is 10.6 Å². The molecular formula is C15H22BrClN2O. The van der Waals surface area contributed by atoms with Gasteiger partial charge in [-0.2, -0.15) is 0 Å². The van der Waals surface area contributed by atoms with Gasteiger partial charge in [-0.25, -0.2) is 0 Å². The summed E-state index contributed by atoms with van der Waals surface area (Å²) in [5, 5.41) is 6.21. The Morgan fingerprint density at radius 2 is 1.95 bits per heavy atom. The molecule has 1 fully saturated rings. The van der Waals surface area contributed by atoms with Crippen molar-refractivity contribution in [3.05, 3.63) is 34.3 Å². The van der Waals surface area contributed by atoms with Crippen LogP contribution in [-0.2, 0) is 10.2 Å². The zero-order chi connectivity index (χ0) is 13.9. The smallest absolute Gasteiger partial charge is 0.230 e. The molecule has 1 saturated carbocycles. The highest BCUT2D eigenvalue weighted by Gasteiger charge is 2.45. The molecule has 5 heteroatoms. The molecule has 1 unspecified atom stereocenters. The first-order chi connectivity index (χ1) is 9.08. The summed E-state index contributed by atoms with van der Waals surface area (Å²) in [5.41, 5.74) is 0.838. The summed E-state index contributed by atoms with van der Waals surface area (Å²) in [6, 6.07) is 8.44. The Hall–Kier alpha value is -0.580. The number of amides is 1. The van der Waals surface area contributed by atoms with Gasteiger partial charge in [0.15, 0.2) is 0 Å². The molecule has 0 saturated heterocycles. The number of likely N-dealkylation sites (N-methyl/N-ethyl adjacent to an activating group) is 1. The Kier molecular flexibility index (Phi) is 6.49. The monoisotopic (exact) mass is 360 g/mol. The molecule has 0 radical (unpaired) electrons. The third kappa shape index (κ3) is 3.54. The van der Waals surface area contributed by atoms with Crippen LogP contribution in [-0.4, -0.2) is 25.5 Å². The van der Waals surface area contributed by atoms with Crippen molar-refractivity contribution in [2.24, 2.45) is 0 Å². The molecule has 1 aliphatic rings. The molecule has 0 spiro atoms. The highest BCUT2D eigenvalue weighted by Crippen LogP contribution is 2.44. The molecule has 3 nitrogen and oxygen atoms in total. The molecule has 1 aliphatic carbocycles. The van der Waals surface area contributed by atoms with Gasteiger partial charge in [-0.05, 0) is 44.5 Å². The van der Waals surface area contributed by atoms with E-state index < -0.39 is 0 Å². The second-order valence-corrected chi connectivity index (χ2v) is 6.26. The lowest BCUT2D eigenvalue weighted by Gasteiger charge is -2.41. The highest BCUT2D eigenvalue weighted by molar-refractivity contribution is 9.10. The first-order valence-electron chi connectivity index (χ1n) is 6.80. The molecule has 1 aromatic rings. The van der Waals surface area contributed by atoms with E-state index in [2.05, 4.69) is 45.6 Å². The van der Waals surface area contributed by atoms with Gasteiger partial charge >= 0.3 is 0 Å². The molecule has 2 rings (SSSR count). The minimum atomic E-state index is -0.297. The number of nitrogens with one attached hydrogen (secondary N) is 2. The number of rotatable bonds is 5. The molecule has 1 amide bonds. The Morgan fingerprint density at radius 1 is 1.35 bits per heavy atom. The molecule has 1 atom stereocenters. The van der Waals surface area contributed by atoms with Gasteiger partial charge in [0.25, 0.3) is 0 Å². The van der Waals surface area contributed by atoms with Crippen LogP contribution in [0.4, 0.5) is 0 Å². The van der Waals surface area contributed by atoms with Crippen LogP contribution in [0.1, 0.15) is 31.7 Å². The minimum absolute atomic E-state index is 0. The van der Waals surface area contributed by atoms with Crippen molar-refractivity contribution in [3.8, 4) is 0 Å². The maximum Gasteiger partial charge on any atom is 0.230 e. The second-order valence-electron chi connectivity index (χ2n) is 5.34. The third-order valence-corrected chi connectivity index (χ3v) is 4.63. The quantitative estimate of drug-likeness (QED) is 0.846. The average Bonchev–Trinajstić information content (AvgIpc) is 2.36. The molecule has 0 heterocycles. The van der Waals surface area contributed by atoms with Crippen LogP contribution < -0.4 is 10.6 Å². The maximum absolute atomic E-state index is 12.5. The number of benzene rings is 1. The number of carbonyl (C=O) groups is 1. The summed E-state index contributed by atoms with van der Waals surface area (Å²) in [7, 11) is 1.91. The Labute approximate surface area is 135 Å². The van der Waals surface area contributed by atoms with E-state index in [9.17, 15) is 4.79 Å². The van der Waals surface area contributed by atoms with Gasteiger partial charge in [-0.3, -0.25) is 4.79 Å². The second kappa shape index (κ2) is 7.43. The van der Waals surface area contributed by atoms with E-state index in [0.29, 0.717) is 12.6 Å². The van der Waals surface area contributed by atoms with Crippen LogP contribution in [0.5, 0.6) is 0 Å². The fourth-order valence-electron chi connectivity index (χ4n) is 2.46. The van der Waals surface area contributed by atoms with Gasteiger partial charge in [0.1, 0.15) is 0 Å². The van der Waals surface area contributed by atoms with Gasteiger partial charge in [-0.15, -0.1) is 12.4 Å². The molecule has 1 aromatic carbocycles. The van der Waals surface area contributed by atoms with E-state index >= 15 is 0 Å². The highest BCUT2D eigenvalue weighted by atomic mass is 79.9. The van der Waals surface area contributed by atoms with Crippen LogP contribution in [0.2, 0.25) is 0 Å². The first kappa shape index (κ1) is 17.5. The largest absolute Gasteiger partial charge is 0.354 e. The van der Waals surface area contributed by atoms with E-state index in [0.717, 1.165) is 29.3 Å². The Morgan fingerprint density at radius 3 is 2.40 bits per heavy atom. The van der Waals surface area contributed by atoms with Crippen molar-refractivity contribution in [3.63, 3.8) is 0 Å².